The first kappa shape index (κ1) is 16.1. The summed E-state index contributed by atoms with van der Waals surface area (Å²) in [7, 11) is 0. The molecule has 120 valence electrons. The van der Waals surface area contributed by atoms with E-state index in [4.69, 9.17) is 5.11 Å². The van der Waals surface area contributed by atoms with E-state index in [0.717, 1.165) is 19.3 Å². The van der Waals surface area contributed by atoms with Gasteiger partial charge in [-0.2, -0.15) is 0 Å². The Balaban J connectivity index is 1.92. The van der Waals surface area contributed by atoms with Crippen LogP contribution in [0.25, 0.3) is 0 Å². The second-order valence-corrected chi connectivity index (χ2v) is 6.82. The predicted octanol–water partition coefficient (Wildman–Crippen LogP) is 2.85. The Morgan fingerprint density at radius 1 is 1.19 bits per heavy atom. The van der Waals surface area contributed by atoms with Crippen LogP contribution in [0.4, 0.5) is 4.79 Å². The van der Waals surface area contributed by atoms with E-state index in [2.05, 4.69) is 19.2 Å². The van der Waals surface area contributed by atoms with Crippen molar-refractivity contribution in [3.63, 3.8) is 0 Å². The highest BCUT2D eigenvalue weighted by molar-refractivity contribution is 5.76. The summed E-state index contributed by atoms with van der Waals surface area (Å²) in [6.07, 6.45) is 6.69. The van der Waals surface area contributed by atoms with Crippen molar-refractivity contribution in [3.8, 4) is 0 Å². The molecule has 2 rings (SSSR count). The number of nitrogens with zero attached hydrogens (tertiary/aromatic N) is 1. The lowest BCUT2D eigenvalue weighted by atomic mass is 9.78. The Kier molecular flexibility index (Phi) is 5.48. The first-order chi connectivity index (χ1) is 9.99. The molecule has 21 heavy (non-hydrogen) atoms. The van der Waals surface area contributed by atoms with Crippen molar-refractivity contribution < 1.29 is 14.7 Å². The number of rotatable bonds is 6. The molecule has 2 aliphatic rings. The lowest BCUT2D eigenvalue weighted by Gasteiger charge is -2.36. The minimum atomic E-state index is -0.842. The number of hydrogen-bond acceptors (Lipinski definition) is 2. The fraction of sp³-hybridized carbons (Fsp3) is 0.875. The molecule has 2 unspecified atom stereocenters. The average molecular weight is 296 g/mol. The van der Waals surface area contributed by atoms with E-state index in [1.807, 2.05) is 0 Å². The van der Waals surface area contributed by atoms with Crippen molar-refractivity contribution in [2.45, 2.75) is 70.9 Å². The van der Waals surface area contributed by atoms with Crippen LogP contribution < -0.4 is 5.32 Å². The molecule has 0 aromatic rings. The zero-order chi connectivity index (χ0) is 15.4. The maximum Gasteiger partial charge on any atom is 0.317 e. The van der Waals surface area contributed by atoms with Crippen LogP contribution in [0.15, 0.2) is 0 Å². The highest BCUT2D eigenvalue weighted by Gasteiger charge is 2.35. The summed E-state index contributed by atoms with van der Waals surface area (Å²) in [5, 5.41) is 12.0. The van der Waals surface area contributed by atoms with E-state index < -0.39 is 5.97 Å². The fourth-order valence-corrected chi connectivity index (χ4v) is 3.43. The smallest absolute Gasteiger partial charge is 0.317 e. The number of urea groups is 1. The fourth-order valence-electron chi connectivity index (χ4n) is 3.43. The van der Waals surface area contributed by atoms with E-state index in [-0.39, 0.29) is 24.5 Å². The molecule has 5 nitrogen and oxygen atoms in total. The zero-order valence-corrected chi connectivity index (χ0v) is 13.2. The van der Waals surface area contributed by atoms with Gasteiger partial charge in [-0.3, -0.25) is 4.79 Å². The van der Waals surface area contributed by atoms with Crippen molar-refractivity contribution in [1.29, 1.82) is 0 Å². The molecule has 0 aromatic carbocycles. The van der Waals surface area contributed by atoms with Gasteiger partial charge in [0.2, 0.25) is 0 Å². The summed E-state index contributed by atoms with van der Waals surface area (Å²) < 4.78 is 0. The molecule has 2 saturated carbocycles. The van der Waals surface area contributed by atoms with Crippen LogP contribution in [0.3, 0.4) is 0 Å². The molecule has 2 atom stereocenters. The van der Waals surface area contributed by atoms with Crippen molar-refractivity contribution >= 4 is 12.0 Å². The van der Waals surface area contributed by atoms with Gasteiger partial charge in [0, 0.05) is 18.6 Å². The molecule has 0 heterocycles. The number of hydrogen-bond donors (Lipinski definition) is 2. The maximum absolute atomic E-state index is 12.5. The van der Waals surface area contributed by atoms with Gasteiger partial charge in [0.25, 0.3) is 0 Å². The molecule has 0 bridgehead atoms. The maximum atomic E-state index is 12.5. The van der Waals surface area contributed by atoms with Crippen molar-refractivity contribution in [2.75, 3.05) is 6.54 Å². The number of carboxylic acids is 1. The van der Waals surface area contributed by atoms with Gasteiger partial charge in [0.15, 0.2) is 0 Å². The Bertz CT molecular complexity index is 380. The van der Waals surface area contributed by atoms with Crippen LogP contribution >= 0.6 is 0 Å². The van der Waals surface area contributed by atoms with E-state index in [0.29, 0.717) is 18.4 Å². The number of carbonyl (C=O) groups excluding carboxylic acids is 1. The van der Waals surface area contributed by atoms with Gasteiger partial charge < -0.3 is 15.3 Å². The molecule has 0 aromatic heterocycles. The van der Waals surface area contributed by atoms with Crippen LogP contribution in [0.2, 0.25) is 0 Å². The van der Waals surface area contributed by atoms with E-state index in [1.54, 1.807) is 4.90 Å². The lowest BCUT2D eigenvalue weighted by Crippen LogP contribution is -2.50. The zero-order valence-electron chi connectivity index (χ0n) is 13.2. The van der Waals surface area contributed by atoms with Crippen molar-refractivity contribution in [2.24, 2.45) is 11.8 Å². The number of nitrogens with one attached hydrogen (secondary N) is 1. The second kappa shape index (κ2) is 7.14. The lowest BCUT2D eigenvalue weighted by molar-refractivity contribution is -0.137. The second-order valence-electron chi connectivity index (χ2n) is 6.82. The molecule has 0 spiro atoms. The van der Waals surface area contributed by atoms with Gasteiger partial charge >= 0.3 is 12.0 Å². The van der Waals surface area contributed by atoms with Crippen LogP contribution in [0.1, 0.15) is 58.8 Å². The summed E-state index contributed by atoms with van der Waals surface area (Å²) in [6, 6.07) is 0.444. The minimum absolute atomic E-state index is 0.0300. The molecule has 0 radical (unpaired) electrons. The highest BCUT2D eigenvalue weighted by atomic mass is 16.4. The quantitative estimate of drug-likeness (QED) is 0.792. The number of carbonyl (C=O) groups is 2. The monoisotopic (exact) mass is 296 g/mol. The van der Waals surface area contributed by atoms with Gasteiger partial charge in [-0.25, -0.2) is 4.79 Å². The summed E-state index contributed by atoms with van der Waals surface area (Å²) >= 11 is 0. The Labute approximate surface area is 127 Å². The molecule has 5 heteroatoms. The normalized spacial score (nSPS) is 25.7. The summed E-state index contributed by atoms with van der Waals surface area (Å²) in [4.78, 5) is 25.0. The highest BCUT2D eigenvalue weighted by Crippen LogP contribution is 2.31. The summed E-state index contributed by atoms with van der Waals surface area (Å²) in [5.74, 6) is 0.276. The predicted molar refractivity (Wildman–Crippen MR) is 81.1 cm³/mol. The number of amides is 2. The molecular weight excluding hydrogens is 268 g/mol. The van der Waals surface area contributed by atoms with E-state index in [9.17, 15) is 9.59 Å². The van der Waals surface area contributed by atoms with Crippen LogP contribution in [-0.4, -0.2) is 40.6 Å². The Morgan fingerprint density at radius 2 is 1.86 bits per heavy atom. The van der Waals surface area contributed by atoms with Gasteiger partial charge in [-0.05, 0) is 37.5 Å². The first-order valence-corrected chi connectivity index (χ1v) is 8.28. The molecule has 0 saturated heterocycles. The first-order valence-electron chi connectivity index (χ1n) is 8.28. The van der Waals surface area contributed by atoms with Crippen LogP contribution in [0, 0.1) is 11.8 Å². The molecule has 0 aliphatic heterocycles. The third-order valence-corrected chi connectivity index (χ3v) is 4.80. The van der Waals surface area contributed by atoms with Crippen molar-refractivity contribution in [3.05, 3.63) is 0 Å². The standard InChI is InChI=1S/C16H28N2O3/c1-11(2)13-5-3-4-6-14(13)17-16(21)18(12-7-8-12)10-9-15(19)20/h11-14H,3-10H2,1-2H3,(H,17,21)(H,19,20). The van der Waals surface area contributed by atoms with Gasteiger partial charge in [0.05, 0.1) is 6.42 Å². The third-order valence-electron chi connectivity index (χ3n) is 4.80. The van der Waals surface area contributed by atoms with Gasteiger partial charge in [-0.1, -0.05) is 26.7 Å². The van der Waals surface area contributed by atoms with Gasteiger partial charge in [0.1, 0.15) is 0 Å². The number of aliphatic carboxylic acids is 1. The topological polar surface area (TPSA) is 69.6 Å². The minimum Gasteiger partial charge on any atom is -0.481 e. The molecule has 2 fully saturated rings. The van der Waals surface area contributed by atoms with Gasteiger partial charge in [-0.15, -0.1) is 0 Å². The molecule has 2 aliphatic carbocycles. The average Bonchev–Trinajstić information content (AvgIpc) is 3.23. The van der Waals surface area contributed by atoms with Crippen LogP contribution in [0.5, 0.6) is 0 Å². The Morgan fingerprint density at radius 3 is 2.43 bits per heavy atom. The van der Waals surface area contributed by atoms with Crippen molar-refractivity contribution in [1.82, 2.24) is 10.2 Å². The van der Waals surface area contributed by atoms with E-state index in [1.165, 1.54) is 19.3 Å². The Hall–Kier alpha value is -1.26. The third kappa shape index (κ3) is 4.61. The molecule has 2 amide bonds. The SMILES string of the molecule is CC(C)C1CCCCC1NC(=O)N(CCC(=O)O)C1CC1. The van der Waals surface area contributed by atoms with Crippen LogP contribution in [-0.2, 0) is 4.79 Å². The summed E-state index contributed by atoms with van der Waals surface area (Å²) in [6.45, 7) is 4.77. The summed E-state index contributed by atoms with van der Waals surface area (Å²) in [5.41, 5.74) is 0. The largest absolute Gasteiger partial charge is 0.481 e. The molecule has 2 N–H and O–H groups in total. The molecular formula is C16H28N2O3. The number of carboxylic acid groups (broad SMARTS) is 1. The van der Waals surface area contributed by atoms with E-state index >= 15 is 0 Å².